The number of carbonyl (C=O) groups excluding carboxylic acids is 1. The second kappa shape index (κ2) is 6.08. The maximum absolute atomic E-state index is 13.2. The molecule has 6 heteroatoms. The van der Waals surface area contributed by atoms with E-state index in [2.05, 4.69) is 10.6 Å². The summed E-state index contributed by atoms with van der Waals surface area (Å²) in [5.41, 5.74) is 0.237. The number of nitrogens with one attached hydrogen (secondary N) is 2. The molecule has 1 aliphatic rings. The average Bonchev–Trinajstić information content (AvgIpc) is 2.74. The second-order valence-electron chi connectivity index (χ2n) is 3.24. The predicted octanol–water partition coefficient (Wildman–Crippen LogP) is 1.85. The van der Waals surface area contributed by atoms with Crippen LogP contribution in [0.15, 0.2) is 24.3 Å². The van der Waals surface area contributed by atoms with E-state index in [1.807, 2.05) is 0 Å². The molecule has 1 aromatic rings. The number of benzene rings is 1. The number of carbonyl (C=O) groups is 1. The fraction of sp³-hybridized carbons (Fsp3) is 0.300. The highest BCUT2D eigenvalue weighted by molar-refractivity contribution is 7.99. The number of para-hydroxylation sites is 1. The highest BCUT2D eigenvalue weighted by Crippen LogP contribution is 2.15. The normalized spacial score (nSPS) is 18.9. The fourth-order valence-electron chi connectivity index (χ4n) is 1.35. The van der Waals surface area contributed by atoms with Crippen molar-refractivity contribution in [2.24, 2.45) is 0 Å². The van der Waals surface area contributed by atoms with Gasteiger partial charge in [-0.15, -0.1) is 24.2 Å². The van der Waals surface area contributed by atoms with Crippen LogP contribution in [0.5, 0.6) is 0 Å². The molecule has 2 rings (SSSR count). The van der Waals surface area contributed by atoms with Crippen molar-refractivity contribution < 1.29 is 9.18 Å². The third-order valence-corrected chi connectivity index (χ3v) is 3.10. The average molecular weight is 263 g/mol. The Morgan fingerprint density at radius 2 is 2.25 bits per heavy atom. The van der Waals surface area contributed by atoms with Gasteiger partial charge in [0.25, 0.3) is 0 Å². The molecular formula is C10H12ClFN2OS. The van der Waals surface area contributed by atoms with Gasteiger partial charge in [-0.2, -0.15) is 0 Å². The molecule has 1 fully saturated rings. The lowest BCUT2D eigenvalue weighted by Gasteiger charge is -2.10. The summed E-state index contributed by atoms with van der Waals surface area (Å²) in [6, 6.07) is 5.95. The lowest BCUT2D eigenvalue weighted by molar-refractivity contribution is -0.117. The summed E-state index contributed by atoms with van der Waals surface area (Å²) in [7, 11) is 0. The van der Waals surface area contributed by atoms with Crippen molar-refractivity contribution in [3.63, 3.8) is 0 Å². The van der Waals surface area contributed by atoms with E-state index in [0.717, 1.165) is 11.6 Å². The molecular weight excluding hydrogens is 251 g/mol. The Kier molecular flexibility index (Phi) is 5.05. The van der Waals surface area contributed by atoms with Gasteiger partial charge in [-0.05, 0) is 12.1 Å². The second-order valence-corrected chi connectivity index (χ2v) is 4.27. The van der Waals surface area contributed by atoms with Crippen LogP contribution in [0.2, 0.25) is 0 Å². The molecule has 0 saturated carbocycles. The van der Waals surface area contributed by atoms with Crippen LogP contribution in [0.3, 0.4) is 0 Å². The maximum atomic E-state index is 13.2. The van der Waals surface area contributed by atoms with Crippen molar-refractivity contribution in [2.75, 3.05) is 16.9 Å². The first-order chi connectivity index (χ1) is 7.27. The zero-order valence-corrected chi connectivity index (χ0v) is 10.0. The molecule has 0 spiro atoms. The zero-order valence-electron chi connectivity index (χ0n) is 8.40. The smallest absolute Gasteiger partial charge is 0.242 e. The predicted molar refractivity (Wildman–Crippen MR) is 66.5 cm³/mol. The molecule has 3 nitrogen and oxygen atoms in total. The van der Waals surface area contributed by atoms with Gasteiger partial charge in [0.2, 0.25) is 5.91 Å². The Bertz CT molecular complexity index is 372. The number of rotatable bonds is 2. The van der Waals surface area contributed by atoms with Crippen LogP contribution in [0.25, 0.3) is 0 Å². The summed E-state index contributed by atoms with van der Waals surface area (Å²) in [5.74, 6) is 0.928. The maximum Gasteiger partial charge on any atom is 0.242 e. The van der Waals surface area contributed by atoms with Crippen LogP contribution in [0.4, 0.5) is 10.1 Å². The SMILES string of the molecule is Cl.O=C(Nc1ccccc1F)[C@H]1CSCN1. The van der Waals surface area contributed by atoms with Crippen molar-refractivity contribution in [2.45, 2.75) is 6.04 Å². The van der Waals surface area contributed by atoms with Crippen molar-refractivity contribution in [1.29, 1.82) is 0 Å². The van der Waals surface area contributed by atoms with Gasteiger partial charge in [-0.3, -0.25) is 10.1 Å². The Morgan fingerprint density at radius 3 is 2.88 bits per heavy atom. The van der Waals surface area contributed by atoms with Gasteiger partial charge in [0, 0.05) is 11.6 Å². The molecule has 1 atom stereocenters. The van der Waals surface area contributed by atoms with E-state index < -0.39 is 5.82 Å². The number of hydrogen-bond acceptors (Lipinski definition) is 3. The minimum atomic E-state index is -0.406. The first-order valence-electron chi connectivity index (χ1n) is 4.64. The molecule has 16 heavy (non-hydrogen) atoms. The third-order valence-electron chi connectivity index (χ3n) is 2.16. The summed E-state index contributed by atoms with van der Waals surface area (Å²) < 4.78 is 13.2. The summed E-state index contributed by atoms with van der Waals surface area (Å²) in [5, 5.41) is 5.59. The standard InChI is InChI=1S/C10H11FN2OS.ClH/c11-7-3-1-2-4-8(7)13-10(14)9-5-15-6-12-9;/h1-4,9,12H,5-6H2,(H,13,14);1H/t9-;/m1./s1. The number of amides is 1. The molecule has 1 saturated heterocycles. The molecule has 1 amide bonds. The minimum absolute atomic E-state index is 0. The van der Waals surface area contributed by atoms with Crippen molar-refractivity contribution in [3.8, 4) is 0 Å². The third kappa shape index (κ3) is 3.10. The topological polar surface area (TPSA) is 41.1 Å². The highest BCUT2D eigenvalue weighted by atomic mass is 35.5. The molecule has 0 unspecified atom stereocenters. The molecule has 1 aromatic carbocycles. The lowest BCUT2D eigenvalue weighted by Crippen LogP contribution is -2.37. The van der Waals surface area contributed by atoms with Gasteiger partial charge in [-0.1, -0.05) is 12.1 Å². The monoisotopic (exact) mass is 262 g/mol. The van der Waals surface area contributed by atoms with E-state index in [1.54, 1.807) is 30.0 Å². The Morgan fingerprint density at radius 1 is 1.50 bits per heavy atom. The van der Waals surface area contributed by atoms with Crippen LogP contribution in [-0.2, 0) is 4.79 Å². The lowest BCUT2D eigenvalue weighted by atomic mass is 10.2. The summed E-state index contributed by atoms with van der Waals surface area (Å²) in [6.07, 6.45) is 0. The highest BCUT2D eigenvalue weighted by Gasteiger charge is 2.22. The molecule has 2 N–H and O–H groups in total. The van der Waals surface area contributed by atoms with Crippen LogP contribution < -0.4 is 10.6 Å². The van der Waals surface area contributed by atoms with Gasteiger partial charge >= 0.3 is 0 Å². The van der Waals surface area contributed by atoms with Crippen molar-refractivity contribution >= 4 is 35.8 Å². The van der Waals surface area contributed by atoms with Gasteiger partial charge < -0.3 is 5.32 Å². The molecule has 88 valence electrons. The molecule has 0 aromatic heterocycles. The first-order valence-corrected chi connectivity index (χ1v) is 5.79. The van der Waals surface area contributed by atoms with E-state index in [-0.39, 0.29) is 30.0 Å². The number of halogens is 2. The van der Waals surface area contributed by atoms with Crippen molar-refractivity contribution in [1.82, 2.24) is 5.32 Å². The molecule has 1 heterocycles. The van der Waals surface area contributed by atoms with E-state index in [1.165, 1.54) is 6.07 Å². The Labute approximate surface area is 104 Å². The Balaban J connectivity index is 0.00000128. The molecule has 0 radical (unpaired) electrons. The fourth-order valence-corrected chi connectivity index (χ4v) is 2.29. The Hall–Kier alpha value is -0.780. The van der Waals surface area contributed by atoms with Crippen LogP contribution >= 0.6 is 24.2 Å². The van der Waals surface area contributed by atoms with Crippen LogP contribution in [0, 0.1) is 5.82 Å². The van der Waals surface area contributed by atoms with E-state index >= 15 is 0 Å². The van der Waals surface area contributed by atoms with Gasteiger partial charge in [0.15, 0.2) is 0 Å². The van der Waals surface area contributed by atoms with Crippen LogP contribution in [-0.4, -0.2) is 23.6 Å². The molecule has 0 aliphatic carbocycles. The summed E-state index contributed by atoms with van der Waals surface area (Å²) >= 11 is 1.66. The van der Waals surface area contributed by atoms with E-state index in [0.29, 0.717) is 0 Å². The summed E-state index contributed by atoms with van der Waals surface area (Å²) in [4.78, 5) is 11.6. The largest absolute Gasteiger partial charge is 0.322 e. The van der Waals surface area contributed by atoms with E-state index in [4.69, 9.17) is 0 Å². The van der Waals surface area contributed by atoms with Gasteiger partial charge in [0.05, 0.1) is 11.7 Å². The number of hydrogen-bond donors (Lipinski definition) is 2. The number of thioether (sulfide) groups is 1. The van der Waals surface area contributed by atoms with Crippen LogP contribution in [0.1, 0.15) is 0 Å². The minimum Gasteiger partial charge on any atom is -0.322 e. The summed E-state index contributed by atoms with van der Waals surface area (Å²) in [6.45, 7) is 0. The first kappa shape index (κ1) is 13.3. The van der Waals surface area contributed by atoms with Gasteiger partial charge in [0.1, 0.15) is 5.82 Å². The number of anilines is 1. The molecule has 1 aliphatic heterocycles. The molecule has 0 bridgehead atoms. The quantitative estimate of drug-likeness (QED) is 0.855. The van der Waals surface area contributed by atoms with E-state index in [9.17, 15) is 9.18 Å². The van der Waals surface area contributed by atoms with Crippen molar-refractivity contribution in [3.05, 3.63) is 30.1 Å². The zero-order chi connectivity index (χ0) is 10.7. The van der Waals surface area contributed by atoms with Gasteiger partial charge in [-0.25, -0.2) is 4.39 Å².